The van der Waals surface area contributed by atoms with Crippen LogP contribution in [0.4, 0.5) is 0 Å². The standard InChI is InChI=1S/C11H19ClN2O3S/c1-11(2,12)8-7(16)6(15)5-9(17-8)18-10(13-5)14(3)4/h5-9,15-16H,1-4H3/t5-,6-,7+,8?,9-/m1/s1. The van der Waals surface area contributed by atoms with E-state index in [1.165, 1.54) is 11.8 Å². The van der Waals surface area contributed by atoms with Gasteiger partial charge in [-0.25, -0.2) is 0 Å². The summed E-state index contributed by atoms with van der Waals surface area (Å²) in [5.74, 6) is 0. The minimum atomic E-state index is -1.02. The van der Waals surface area contributed by atoms with Gasteiger partial charge in [-0.15, -0.1) is 11.6 Å². The summed E-state index contributed by atoms with van der Waals surface area (Å²) in [6, 6.07) is -0.433. The molecule has 0 aromatic rings. The summed E-state index contributed by atoms with van der Waals surface area (Å²) >= 11 is 7.66. The highest BCUT2D eigenvalue weighted by Crippen LogP contribution is 2.40. The molecule has 0 aliphatic carbocycles. The van der Waals surface area contributed by atoms with Gasteiger partial charge in [0.25, 0.3) is 0 Å². The van der Waals surface area contributed by atoms with Crippen molar-refractivity contribution in [2.75, 3.05) is 14.1 Å². The van der Waals surface area contributed by atoms with E-state index in [2.05, 4.69) is 4.99 Å². The second-order valence-corrected chi connectivity index (χ2v) is 7.42. The summed E-state index contributed by atoms with van der Waals surface area (Å²) in [5.41, 5.74) is -0.288. The fourth-order valence-electron chi connectivity index (χ4n) is 2.13. The van der Waals surface area contributed by atoms with Crippen LogP contribution < -0.4 is 0 Å². The number of halogens is 1. The van der Waals surface area contributed by atoms with Gasteiger partial charge < -0.3 is 19.8 Å². The molecule has 18 heavy (non-hydrogen) atoms. The van der Waals surface area contributed by atoms with Crippen LogP contribution in [0.3, 0.4) is 0 Å². The molecule has 1 unspecified atom stereocenters. The zero-order valence-corrected chi connectivity index (χ0v) is 12.4. The molecule has 2 aliphatic rings. The van der Waals surface area contributed by atoms with Crippen LogP contribution in [0.1, 0.15) is 13.8 Å². The molecular formula is C11H19ClN2O3S. The van der Waals surface area contributed by atoms with E-state index >= 15 is 0 Å². The number of hydrogen-bond donors (Lipinski definition) is 2. The largest absolute Gasteiger partial charge is 0.388 e. The Kier molecular flexibility index (Phi) is 3.86. The Morgan fingerprint density at radius 1 is 1.33 bits per heavy atom. The molecule has 2 aliphatic heterocycles. The smallest absolute Gasteiger partial charge is 0.161 e. The van der Waals surface area contributed by atoms with E-state index in [9.17, 15) is 10.2 Å². The maximum Gasteiger partial charge on any atom is 0.161 e. The predicted octanol–water partition coefficient (Wildman–Crippen LogP) is 0.483. The van der Waals surface area contributed by atoms with Gasteiger partial charge in [0.15, 0.2) is 5.17 Å². The second-order valence-electron chi connectivity index (χ2n) is 5.39. The lowest BCUT2D eigenvalue weighted by Gasteiger charge is -2.42. The van der Waals surface area contributed by atoms with Gasteiger partial charge in [0, 0.05) is 14.1 Å². The third-order valence-electron chi connectivity index (χ3n) is 3.11. The van der Waals surface area contributed by atoms with E-state index in [-0.39, 0.29) is 5.44 Å². The Balaban J connectivity index is 2.19. The molecule has 0 aromatic heterocycles. The van der Waals surface area contributed by atoms with E-state index in [1.54, 1.807) is 13.8 Å². The van der Waals surface area contributed by atoms with Crippen molar-refractivity contribution >= 4 is 28.5 Å². The van der Waals surface area contributed by atoms with Crippen molar-refractivity contribution in [2.45, 2.75) is 48.5 Å². The summed E-state index contributed by atoms with van der Waals surface area (Å²) in [6.07, 6.45) is -2.58. The number of alkyl halides is 1. The van der Waals surface area contributed by atoms with Crippen molar-refractivity contribution in [3.05, 3.63) is 0 Å². The quantitative estimate of drug-likeness (QED) is 0.689. The summed E-state index contributed by atoms with van der Waals surface area (Å²) < 4.78 is 5.82. The maximum absolute atomic E-state index is 10.2. The van der Waals surface area contributed by atoms with Crippen LogP contribution in [-0.2, 0) is 4.74 Å². The third-order valence-corrected chi connectivity index (χ3v) is 4.63. The molecule has 2 N–H and O–H groups in total. The number of thioether (sulfide) groups is 1. The molecule has 2 rings (SSSR count). The van der Waals surface area contributed by atoms with Crippen molar-refractivity contribution in [1.82, 2.24) is 4.90 Å². The fraction of sp³-hybridized carbons (Fsp3) is 0.909. The maximum atomic E-state index is 10.2. The molecule has 7 heteroatoms. The van der Waals surface area contributed by atoms with Crippen LogP contribution in [0.2, 0.25) is 0 Å². The Labute approximate surface area is 116 Å². The Bertz CT molecular complexity index is 359. The SMILES string of the molecule is CN(C)C1=N[C@@H]2[C@@H](O)[C@H](O)C(C(C)(C)Cl)O[C@@H]2S1. The molecule has 0 spiro atoms. The molecule has 0 radical (unpaired) electrons. The van der Waals surface area contributed by atoms with Crippen LogP contribution in [0.25, 0.3) is 0 Å². The number of fused-ring (bicyclic) bond motifs is 1. The monoisotopic (exact) mass is 294 g/mol. The minimum absolute atomic E-state index is 0.288. The number of hydrogen-bond acceptors (Lipinski definition) is 6. The van der Waals surface area contributed by atoms with Gasteiger partial charge in [0.2, 0.25) is 0 Å². The number of aliphatic hydroxyl groups excluding tert-OH is 2. The molecule has 5 nitrogen and oxygen atoms in total. The number of nitrogens with zero attached hydrogens (tertiary/aromatic N) is 2. The van der Waals surface area contributed by atoms with Gasteiger partial charge in [0.05, 0.1) is 4.87 Å². The Morgan fingerprint density at radius 2 is 1.94 bits per heavy atom. The van der Waals surface area contributed by atoms with Crippen molar-refractivity contribution < 1.29 is 14.9 Å². The topological polar surface area (TPSA) is 65.3 Å². The number of ether oxygens (including phenoxy) is 1. The number of aliphatic imine (C=N–C) groups is 1. The predicted molar refractivity (Wildman–Crippen MR) is 73.1 cm³/mol. The lowest BCUT2D eigenvalue weighted by Crippen LogP contribution is -2.59. The fourth-order valence-corrected chi connectivity index (χ4v) is 3.45. The molecule has 0 aromatic carbocycles. The van der Waals surface area contributed by atoms with Gasteiger partial charge in [-0.2, -0.15) is 0 Å². The van der Waals surface area contributed by atoms with Gasteiger partial charge in [-0.3, -0.25) is 4.99 Å². The molecule has 0 bridgehead atoms. The van der Waals surface area contributed by atoms with Crippen LogP contribution >= 0.6 is 23.4 Å². The zero-order valence-electron chi connectivity index (χ0n) is 10.9. The molecular weight excluding hydrogens is 276 g/mol. The Morgan fingerprint density at radius 3 is 2.44 bits per heavy atom. The zero-order chi connectivity index (χ0) is 13.7. The van der Waals surface area contributed by atoms with Gasteiger partial charge in [-0.05, 0) is 13.8 Å². The molecule has 0 amide bonds. The third kappa shape index (κ3) is 2.49. The Hall–Kier alpha value is -0.0100. The summed E-state index contributed by atoms with van der Waals surface area (Å²) in [4.78, 5) is 5.51. The highest BCUT2D eigenvalue weighted by molar-refractivity contribution is 8.14. The first-order chi connectivity index (χ1) is 8.21. The average Bonchev–Trinajstić information content (AvgIpc) is 2.65. The molecule has 0 saturated carbocycles. The lowest BCUT2D eigenvalue weighted by atomic mass is 9.91. The van der Waals surface area contributed by atoms with Gasteiger partial charge in [-0.1, -0.05) is 11.8 Å². The van der Waals surface area contributed by atoms with Crippen molar-refractivity contribution in [2.24, 2.45) is 4.99 Å². The summed E-state index contributed by atoms with van der Waals surface area (Å²) in [6.45, 7) is 3.53. The highest BCUT2D eigenvalue weighted by Gasteiger charge is 2.52. The minimum Gasteiger partial charge on any atom is -0.388 e. The number of aliphatic hydroxyl groups is 2. The summed E-state index contributed by atoms with van der Waals surface area (Å²) in [5, 5.41) is 21.0. The van der Waals surface area contributed by atoms with E-state index in [1.807, 2.05) is 19.0 Å². The molecule has 2 heterocycles. The van der Waals surface area contributed by atoms with Crippen LogP contribution in [0.5, 0.6) is 0 Å². The normalized spacial score (nSPS) is 40.4. The first-order valence-corrected chi connectivity index (χ1v) is 7.10. The number of amidine groups is 1. The van der Waals surface area contributed by atoms with E-state index in [0.717, 1.165) is 5.17 Å². The molecule has 1 saturated heterocycles. The van der Waals surface area contributed by atoms with E-state index < -0.39 is 29.2 Å². The van der Waals surface area contributed by atoms with Gasteiger partial charge >= 0.3 is 0 Å². The molecule has 5 atom stereocenters. The second kappa shape index (κ2) is 4.83. The van der Waals surface area contributed by atoms with Crippen LogP contribution in [0, 0.1) is 0 Å². The van der Waals surface area contributed by atoms with E-state index in [4.69, 9.17) is 16.3 Å². The number of rotatable bonds is 1. The van der Waals surface area contributed by atoms with Crippen molar-refractivity contribution in [3.8, 4) is 0 Å². The van der Waals surface area contributed by atoms with Gasteiger partial charge in [0.1, 0.15) is 29.8 Å². The first kappa shape index (κ1) is 14.4. The highest BCUT2D eigenvalue weighted by atomic mass is 35.5. The molecule has 104 valence electrons. The van der Waals surface area contributed by atoms with Crippen molar-refractivity contribution in [3.63, 3.8) is 0 Å². The van der Waals surface area contributed by atoms with Crippen molar-refractivity contribution in [1.29, 1.82) is 0 Å². The average molecular weight is 295 g/mol. The van der Waals surface area contributed by atoms with Crippen LogP contribution in [-0.4, -0.2) is 69.0 Å². The summed E-state index contributed by atoms with van der Waals surface area (Å²) in [7, 11) is 3.77. The molecule has 1 fully saturated rings. The van der Waals surface area contributed by atoms with E-state index in [0.29, 0.717) is 0 Å². The van der Waals surface area contributed by atoms with Crippen LogP contribution in [0.15, 0.2) is 4.99 Å². The lowest BCUT2D eigenvalue weighted by molar-refractivity contribution is -0.161. The first-order valence-electron chi connectivity index (χ1n) is 5.84.